The van der Waals surface area contributed by atoms with E-state index < -0.39 is 0 Å². The molecule has 0 aliphatic heterocycles. The molecule has 3 rings (SSSR count). The van der Waals surface area contributed by atoms with Gasteiger partial charge in [-0.3, -0.25) is 0 Å². The molecule has 0 heterocycles. The Hall–Kier alpha value is -0.960. The van der Waals surface area contributed by atoms with Crippen molar-refractivity contribution >= 4 is 23.4 Å². The van der Waals surface area contributed by atoms with Crippen molar-refractivity contribution in [3.8, 4) is 0 Å². The zero-order valence-corrected chi connectivity index (χ0v) is 14.0. The molecule has 21 heavy (non-hydrogen) atoms. The number of halogens is 1. The first-order chi connectivity index (χ1) is 10.1. The lowest BCUT2D eigenvalue weighted by molar-refractivity contribution is 0.680. The number of hydrogen-bond acceptors (Lipinski definition) is 2. The van der Waals surface area contributed by atoms with Crippen LogP contribution in [0.5, 0.6) is 0 Å². The number of nitrogens with one attached hydrogen (secondary N) is 1. The van der Waals surface area contributed by atoms with Crippen LogP contribution in [0.25, 0.3) is 0 Å². The summed E-state index contributed by atoms with van der Waals surface area (Å²) in [7, 11) is 0. The van der Waals surface area contributed by atoms with Gasteiger partial charge in [-0.05, 0) is 56.0 Å². The fourth-order valence-corrected chi connectivity index (χ4v) is 3.71. The highest BCUT2D eigenvalue weighted by Gasteiger charge is 2.21. The smallest absolute Gasteiger partial charge is 0.0462 e. The molecule has 1 nitrogen and oxygen atoms in total. The van der Waals surface area contributed by atoms with E-state index in [0.717, 1.165) is 11.6 Å². The molecule has 2 aromatic rings. The van der Waals surface area contributed by atoms with Gasteiger partial charge in [0.1, 0.15) is 0 Å². The van der Waals surface area contributed by atoms with E-state index in [1.54, 1.807) is 0 Å². The minimum Gasteiger partial charge on any atom is -0.310 e. The Bertz CT molecular complexity index is 650. The highest BCUT2D eigenvalue weighted by molar-refractivity contribution is 7.99. The molecular weight excluding hydrogens is 298 g/mol. The molecule has 1 aliphatic rings. The maximum atomic E-state index is 6.41. The third-order valence-corrected chi connectivity index (χ3v) is 5.41. The van der Waals surface area contributed by atoms with Crippen molar-refractivity contribution in [1.82, 2.24) is 5.32 Å². The van der Waals surface area contributed by atoms with Crippen LogP contribution in [0.1, 0.15) is 29.5 Å². The van der Waals surface area contributed by atoms with Gasteiger partial charge in [-0.15, -0.1) is 0 Å². The minimum atomic E-state index is 0.695. The van der Waals surface area contributed by atoms with Gasteiger partial charge in [0.05, 0.1) is 0 Å². The molecule has 0 radical (unpaired) electrons. The van der Waals surface area contributed by atoms with E-state index >= 15 is 0 Å². The second-order valence-corrected chi connectivity index (χ2v) is 7.23. The molecule has 0 bridgehead atoms. The molecule has 0 aromatic heterocycles. The zero-order chi connectivity index (χ0) is 14.8. The predicted molar refractivity (Wildman–Crippen MR) is 91.4 cm³/mol. The maximum Gasteiger partial charge on any atom is 0.0462 e. The van der Waals surface area contributed by atoms with Crippen molar-refractivity contribution in [1.29, 1.82) is 0 Å². The van der Waals surface area contributed by atoms with Crippen molar-refractivity contribution in [2.75, 3.05) is 0 Å². The van der Waals surface area contributed by atoms with Crippen LogP contribution in [0, 0.1) is 13.8 Å². The van der Waals surface area contributed by atoms with Crippen molar-refractivity contribution in [2.24, 2.45) is 0 Å². The molecule has 0 unspecified atom stereocenters. The van der Waals surface area contributed by atoms with Crippen LogP contribution in [0.2, 0.25) is 5.02 Å². The SMILES string of the molecule is Cc1ccc(Sc2cccc(Cl)c2CNC2CC2)c(C)c1. The molecule has 0 saturated heterocycles. The summed E-state index contributed by atoms with van der Waals surface area (Å²) in [4.78, 5) is 2.55. The Balaban J connectivity index is 1.84. The maximum absolute atomic E-state index is 6.41. The Morgan fingerprint density at radius 3 is 2.67 bits per heavy atom. The van der Waals surface area contributed by atoms with Crippen molar-refractivity contribution in [2.45, 2.75) is 49.1 Å². The van der Waals surface area contributed by atoms with Crippen LogP contribution in [0.15, 0.2) is 46.2 Å². The van der Waals surface area contributed by atoms with E-state index in [0.29, 0.717) is 6.04 Å². The van der Waals surface area contributed by atoms with E-state index in [1.165, 1.54) is 39.3 Å². The summed E-state index contributed by atoms with van der Waals surface area (Å²) < 4.78 is 0. The van der Waals surface area contributed by atoms with Crippen LogP contribution in [0.3, 0.4) is 0 Å². The average Bonchev–Trinajstić information content (AvgIpc) is 3.25. The molecule has 1 N–H and O–H groups in total. The number of rotatable bonds is 5. The van der Waals surface area contributed by atoms with Gasteiger partial charge in [0.25, 0.3) is 0 Å². The summed E-state index contributed by atoms with van der Waals surface area (Å²) in [5, 5.41) is 4.43. The molecule has 110 valence electrons. The van der Waals surface area contributed by atoms with Crippen molar-refractivity contribution < 1.29 is 0 Å². The summed E-state index contributed by atoms with van der Waals surface area (Å²) in [5.41, 5.74) is 3.84. The van der Waals surface area contributed by atoms with Gasteiger partial charge in [0.15, 0.2) is 0 Å². The molecule has 3 heteroatoms. The van der Waals surface area contributed by atoms with Crippen LogP contribution in [-0.4, -0.2) is 6.04 Å². The van der Waals surface area contributed by atoms with Gasteiger partial charge in [-0.25, -0.2) is 0 Å². The largest absolute Gasteiger partial charge is 0.310 e. The van der Waals surface area contributed by atoms with Gasteiger partial charge < -0.3 is 5.32 Å². The quantitative estimate of drug-likeness (QED) is 0.796. The third-order valence-electron chi connectivity index (χ3n) is 3.77. The Morgan fingerprint density at radius 1 is 1.14 bits per heavy atom. The fourth-order valence-electron chi connectivity index (χ4n) is 2.37. The lowest BCUT2D eigenvalue weighted by atomic mass is 10.2. The first kappa shape index (κ1) is 15.0. The monoisotopic (exact) mass is 317 g/mol. The zero-order valence-electron chi connectivity index (χ0n) is 12.4. The first-order valence-electron chi connectivity index (χ1n) is 7.39. The van der Waals surface area contributed by atoms with Gasteiger partial charge in [0.2, 0.25) is 0 Å². The lowest BCUT2D eigenvalue weighted by Gasteiger charge is -2.13. The van der Waals surface area contributed by atoms with Crippen LogP contribution < -0.4 is 5.32 Å². The third kappa shape index (κ3) is 3.82. The highest BCUT2D eigenvalue weighted by Crippen LogP contribution is 2.36. The second kappa shape index (κ2) is 6.43. The van der Waals surface area contributed by atoms with E-state index in [-0.39, 0.29) is 0 Å². The predicted octanol–water partition coefficient (Wildman–Crippen LogP) is 5.36. The Kier molecular flexibility index (Phi) is 4.58. The molecular formula is C18H20ClNS. The number of aryl methyl sites for hydroxylation is 2. The second-order valence-electron chi connectivity index (χ2n) is 5.74. The standard InChI is InChI=1S/C18H20ClNS/c1-12-6-9-17(13(2)10-12)21-18-5-3-4-16(19)15(18)11-20-14-7-8-14/h3-6,9-10,14,20H,7-8,11H2,1-2H3. The lowest BCUT2D eigenvalue weighted by Crippen LogP contribution is -2.16. The Labute approximate surface area is 136 Å². The average molecular weight is 318 g/mol. The van der Waals surface area contributed by atoms with Crippen LogP contribution >= 0.6 is 23.4 Å². The molecule has 1 saturated carbocycles. The van der Waals surface area contributed by atoms with Gasteiger partial charge in [-0.1, -0.05) is 47.1 Å². The van der Waals surface area contributed by atoms with E-state index in [2.05, 4.69) is 43.4 Å². The normalized spacial score (nSPS) is 14.4. The van der Waals surface area contributed by atoms with Crippen molar-refractivity contribution in [3.05, 3.63) is 58.1 Å². The first-order valence-corrected chi connectivity index (χ1v) is 8.59. The van der Waals surface area contributed by atoms with Gasteiger partial charge in [0, 0.05) is 27.4 Å². The highest BCUT2D eigenvalue weighted by atomic mass is 35.5. The van der Waals surface area contributed by atoms with E-state index in [1.807, 2.05) is 23.9 Å². The molecule has 1 aliphatic carbocycles. The molecule has 1 fully saturated rings. The summed E-state index contributed by atoms with van der Waals surface area (Å²) >= 11 is 8.22. The fraction of sp³-hybridized carbons (Fsp3) is 0.333. The minimum absolute atomic E-state index is 0.695. The van der Waals surface area contributed by atoms with Crippen LogP contribution in [-0.2, 0) is 6.54 Å². The number of hydrogen-bond donors (Lipinski definition) is 1. The van der Waals surface area contributed by atoms with Gasteiger partial charge >= 0.3 is 0 Å². The van der Waals surface area contributed by atoms with Gasteiger partial charge in [-0.2, -0.15) is 0 Å². The van der Waals surface area contributed by atoms with Crippen molar-refractivity contribution in [3.63, 3.8) is 0 Å². The van der Waals surface area contributed by atoms with E-state index in [4.69, 9.17) is 11.6 Å². The van der Waals surface area contributed by atoms with E-state index in [9.17, 15) is 0 Å². The summed E-state index contributed by atoms with van der Waals surface area (Å²) in [6.07, 6.45) is 2.59. The van der Waals surface area contributed by atoms with Crippen LogP contribution in [0.4, 0.5) is 0 Å². The summed E-state index contributed by atoms with van der Waals surface area (Å²) in [6.45, 7) is 5.16. The topological polar surface area (TPSA) is 12.0 Å². The summed E-state index contributed by atoms with van der Waals surface area (Å²) in [5.74, 6) is 0. The molecule has 0 atom stereocenters. The summed E-state index contributed by atoms with van der Waals surface area (Å²) in [6, 6.07) is 13.5. The number of benzene rings is 2. The molecule has 0 amide bonds. The molecule has 2 aromatic carbocycles. The Morgan fingerprint density at radius 2 is 1.95 bits per heavy atom. The molecule has 0 spiro atoms.